The molecule has 0 heterocycles. The molecule has 0 fully saturated rings. The molecule has 1 rings (SSSR count). The van der Waals surface area contributed by atoms with Crippen LogP contribution in [0.15, 0.2) is 24.3 Å². The molecule has 0 atom stereocenters. The molecule has 0 radical (unpaired) electrons. The molecule has 0 aliphatic carbocycles. The molecule has 0 amide bonds. The van der Waals surface area contributed by atoms with E-state index in [0.717, 1.165) is 18.2 Å². The first-order chi connectivity index (χ1) is 7.84. The van der Waals surface area contributed by atoms with Gasteiger partial charge in [-0.2, -0.15) is 13.2 Å². The fraction of sp³-hybridized carbons (Fsp3) is 0.333. The third kappa shape index (κ3) is 3.69. The van der Waals surface area contributed by atoms with E-state index in [4.69, 9.17) is 0 Å². The zero-order valence-corrected chi connectivity index (χ0v) is 9.17. The Hall–Kier alpha value is -1.65. The minimum Gasteiger partial charge on any atom is -0.299 e. The van der Waals surface area contributed by atoms with Crippen LogP contribution in [0, 0.1) is 0 Å². The lowest BCUT2D eigenvalue weighted by Gasteiger charge is -2.07. The molecule has 0 saturated heterocycles. The Morgan fingerprint density at radius 3 is 2.41 bits per heavy atom. The SMILES string of the molecule is CCC(=O)CC(=O)c1cccc(C(F)(F)F)c1. The second-order valence-corrected chi connectivity index (χ2v) is 3.57. The van der Waals surface area contributed by atoms with Gasteiger partial charge >= 0.3 is 6.18 Å². The van der Waals surface area contributed by atoms with Crippen LogP contribution in [0.2, 0.25) is 0 Å². The summed E-state index contributed by atoms with van der Waals surface area (Å²) in [5.41, 5.74) is -0.964. The number of Topliss-reactive ketones (excluding diaryl/α,β-unsaturated/α-hetero) is 2. The number of halogens is 3. The van der Waals surface area contributed by atoms with Crippen molar-refractivity contribution in [3.63, 3.8) is 0 Å². The van der Waals surface area contributed by atoms with Crippen molar-refractivity contribution in [3.05, 3.63) is 35.4 Å². The molecule has 0 aliphatic rings. The topological polar surface area (TPSA) is 34.1 Å². The molecule has 0 unspecified atom stereocenters. The van der Waals surface area contributed by atoms with E-state index in [9.17, 15) is 22.8 Å². The predicted octanol–water partition coefficient (Wildman–Crippen LogP) is 3.26. The first kappa shape index (κ1) is 13.4. The zero-order chi connectivity index (χ0) is 13.1. The summed E-state index contributed by atoms with van der Waals surface area (Å²) in [7, 11) is 0. The smallest absolute Gasteiger partial charge is 0.299 e. The van der Waals surface area contributed by atoms with Crippen LogP contribution >= 0.6 is 0 Å². The minimum atomic E-state index is -4.48. The molecule has 1 aromatic carbocycles. The first-order valence-corrected chi connectivity index (χ1v) is 5.06. The predicted molar refractivity (Wildman–Crippen MR) is 55.7 cm³/mol. The van der Waals surface area contributed by atoms with E-state index in [1.807, 2.05) is 0 Å². The number of alkyl halides is 3. The number of ketones is 2. The molecule has 0 bridgehead atoms. The van der Waals surface area contributed by atoms with E-state index in [1.165, 1.54) is 6.07 Å². The Labute approximate surface area is 96.4 Å². The first-order valence-electron chi connectivity index (χ1n) is 5.06. The third-order valence-corrected chi connectivity index (χ3v) is 2.26. The van der Waals surface area contributed by atoms with Crippen LogP contribution in [0.3, 0.4) is 0 Å². The highest BCUT2D eigenvalue weighted by Gasteiger charge is 2.30. The molecular weight excluding hydrogens is 233 g/mol. The van der Waals surface area contributed by atoms with Gasteiger partial charge in [-0.1, -0.05) is 19.1 Å². The largest absolute Gasteiger partial charge is 0.416 e. The molecule has 0 aliphatic heterocycles. The van der Waals surface area contributed by atoms with Gasteiger partial charge in [0.2, 0.25) is 0 Å². The van der Waals surface area contributed by atoms with E-state index < -0.39 is 17.5 Å². The lowest BCUT2D eigenvalue weighted by atomic mass is 10.0. The Balaban J connectivity index is 2.92. The van der Waals surface area contributed by atoms with Crippen molar-refractivity contribution >= 4 is 11.6 Å². The van der Waals surface area contributed by atoms with E-state index in [1.54, 1.807) is 6.92 Å². The molecule has 1 aromatic rings. The Morgan fingerprint density at radius 1 is 1.24 bits per heavy atom. The van der Waals surface area contributed by atoms with Gasteiger partial charge in [-0.05, 0) is 12.1 Å². The van der Waals surface area contributed by atoms with Crippen LogP contribution in [-0.2, 0) is 11.0 Å². The van der Waals surface area contributed by atoms with E-state index >= 15 is 0 Å². The van der Waals surface area contributed by atoms with Crippen molar-refractivity contribution in [3.8, 4) is 0 Å². The molecule has 0 saturated carbocycles. The third-order valence-electron chi connectivity index (χ3n) is 2.26. The Kier molecular flexibility index (Phi) is 4.04. The molecule has 0 N–H and O–H groups in total. The van der Waals surface area contributed by atoms with Crippen LogP contribution in [-0.4, -0.2) is 11.6 Å². The molecule has 5 heteroatoms. The number of carbonyl (C=O) groups excluding carboxylic acids is 2. The summed E-state index contributed by atoms with van der Waals surface area (Å²) in [6, 6.07) is 4.09. The summed E-state index contributed by atoms with van der Waals surface area (Å²) in [6.07, 6.45) is -4.63. The van der Waals surface area contributed by atoms with Crippen LogP contribution in [0.25, 0.3) is 0 Å². The van der Waals surface area contributed by atoms with Crippen LogP contribution in [0.1, 0.15) is 35.7 Å². The fourth-order valence-electron chi connectivity index (χ4n) is 1.28. The lowest BCUT2D eigenvalue weighted by Crippen LogP contribution is -2.10. The maximum Gasteiger partial charge on any atom is 0.416 e. The van der Waals surface area contributed by atoms with Gasteiger partial charge in [0.1, 0.15) is 5.78 Å². The van der Waals surface area contributed by atoms with Crippen LogP contribution in [0.5, 0.6) is 0 Å². The highest BCUT2D eigenvalue weighted by Crippen LogP contribution is 2.29. The maximum atomic E-state index is 12.4. The van der Waals surface area contributed by atoms with Crippen molar-refractivity contribution in [2.75, 3.05) is 0 Å². The Bertz CT molecular complexity index is 436. The number of hydrogen-bond acceptors (Lipinski definition) is 2. The maximum absolute atomic E-state index is 12.4. The highest BCUT2D eigenvalue weighted by molar-refractivity contribution is 6.07. The van der Waals surface area contributed by atoms with E-state index in [2.05, 4.69) is 0 Å². The summed E-state index contributed by atoms with van der Waals surface area (Å²) >= 11 is 0. The second-order valence-electron chi connectivity index (χ2n) is 3.57. The number of benzene rings is 1. The van der Waals surface area contributed by atoms with Gasteiger partial charge in [0.05, 0.1) is 12.0 Å². The van der Waals surface area contributed by atoms with Crippen molar-refractivity contribution in [1.82, 2.24) is 0 Å². The summed E-state index contributed by atoms with van der Waals surface area (Å²) in [5, 5.41) is 0. The standard InChI is InChI=1S/C12H11F3O2/c1-2-10(16)7-11(17)8-4-3-5-9(6-8)12(13,14)15/h3-6H,2,7H2,1H3. The number of carbonyl (C=O) groups is 2. The van der Waals surface area contributed by atoms with Crippen LogP contribution < -0.4 is 0 Å². The van der Waals surface area contributed by atoms with Crippen molar-refractivity contribution in [2.24, 2.45) is 0 Å². The fourth-order valence-corrected chi connectivity index (χ4v) is 1.28. The van der Waals surface area contributed by atoms with Gasteiger partial charge < -0.3 is 0 Å². The second kappa shape index (κ2) is 5.12. The monoisotopic (exact) mass is 244 g/mol. The van der Waals surface area contributed by atoms with Crippen molar-refractivity contribution in [1.29, 1.82) is 0 Å². The van der Waals surface area contributed by atoms with Crippen LogP contribution in [0.4, 0.5) is 13.2 Å². The average Bonchev–Trinajstić information content (AvgIpc) is 2.28. The number of rotatable bonds is 4. The highest BCUT2D eigenvalue weighted by atomic mass is 19.4. The summed E-state index contributed by atoms with van der Waals surface area (Å²) in [5.74, 6) is -0.865. The molecule has 0 aromatic heterocycles. The molecule has 0 spiro atoms. The summed E-state index contributed by atoms with van der Waals surface area (Å²) < 4.78 is 37.1. The van der Waals surface area contributed by atoms with E-state index in [-0.39, 0.29) is 24.2 Å². The summed E-state index contributed by atoms with van der Waals surface area (Å²) in [6.45, 7) is 1.60. The van der Waals surface area contributed by atoms with Crippen molar-refractivity contribution in [2.45, 2.75) is 25.9 Å². The summed E-state index contributed by atoms with van der Waals surface area (Å²) in [4.78, 5) is 22.5. The quantitative estimate of drug-likeness (QED) is 0.601. The van der Waals surface area contributed by atoms with Crippen molar-refractivity contribution < 1.29 is 22.8 Å². The van der Waals surface area contributed by atoms with Gasteiger partial charge in [-0.15, -0.1) is 0 Å². The van der Waals surface area contributed by atoms with Gasteiger partial charge in [-0.25, -0.2) is 0 Å². The van der Waals surface area contributed by atoms with Gasteiger partial charge in [-0.3, -0.25) is 9.59 Å². The molecule has 17 heavy (non-hydrogen) atoms. The van der Waals surface area contributed by atoms with E-state index in [0.29, 0.717) is 0 Å². The number of hydrogen-bond donors (Lipinski definition) is 0. The Morgan fingerprint density at radius 2 is 1.88 bits per heavy atom. The van der Waals surface area contributed by atoms with Gasteiger partial charge in [0, 0.05) is 12.0 Å². The normalized spacial score (nSPS) is 11.3. The molecule has 92 valence electrons. The lowest BCUT2D eigenvalue weighted by molar-refractivity contribution is -0.137. The minimum absolute atomic E-state index is 0.0818. The zero-order valence-electron chi connectivity index (χ0n) is 9.17. The van der Waals surface area contributed by atoms with Gasteiger partial charge in [0.15, 0.2) is 5.78 Å². The van der Waals surface area contributed by atoms with Gasteiger partial charge in [0.25, 0.3) is 0 Å². The molecular formula is C12H11F3O2. The average molecular weight is 244 g/mol. The molecule has 2 nitrogen and oxygen atoms in total.